The lowest BCUT2D eigenvalue weighted by Gasteiger charge is -2.26. The van der Waals surface area contributed by atoms with E-state index >= 15 is 0 Å². The van der Waals surface area contributed by atoms with E-state index in [0.717, 1.165) is 19.3 Å². The second-order valence-electron chi connectivity index (χ2n) is 4.83. The number of rotatable bonds is 6. The Morgan fingerprint density at radius 2 is 2.12 bits per heavy atom. The molecule has 3 unspecified atom stereocenters. The number of hydrogen-bond donors (Lipinski definition) is 1. The van der Waals surface area contributed by atoms with Gasteiger partial charge in [0, 0.05) is 12.6 Å². The Kier molecular flexibility index (Phi) is 3.38. The minimum absolute atomic E-state index is 0.00902. The lowest BCUT2D eigenvalue weighted by molar-refractivity contribution is -0.151. The lowest BCUT2D eigenvalue weighted by atomic mass is 10.2. The summed E-state index contributed by atoms with van der Waals surface area (Å²) in [5.41, 5.74) is 0. The summed E-state index contributed by atoms with van der Waals surface area (Å²) in [6.45, 7) is 4.08. The second kappa shape index (κ2) is 4.64. The number of ether oxygens (including phenoxy) is 1. The van der Waals surface area contributed by atoms with Crippen molar-refractivity contribution < 1.29 is 19.4 Å². The van der Waals surface area contributed by atoms with E-state index in [2.05, 4.69) is 0 Å². The second-order valence-corrected chi connectivity index (χ2v) is 4.83. The largest absolute Gasteiger partial charge is 0.480 e. The van der Waals surface area contributed by atoms with E-state index < -0.39 is 12.0 Å². The molecule has 1 N–H and O–H groups in total. The predicted octanol–water partition coefficient (Wildman–Crippen LogP) is 0.876. The normalized spacial score (nSPS) is 28.6. The topological polar surface area (TPSA) is 66.8 Å². The third-order valence-corrected chi connectivity index (χ3v) is 3.40. The van der Waals surface area contributed by atoms with Gasteiger partial charge in [0.15, 0.2) is 0 Å². The highest BCUT2D eigenvalue weighted by Crippen LogP contribution is 2.39. The molecule has 0 aliphatic heterocycles. The summed E-state index contributed by atoms with van der Waals surface area (Å²) in [6, 6.07) is -0.589. The monoisotopic (exact) mass is 241 g/mol. The fourth-order valence-corrected chi connectivity index (χ4v) is 2.18. The first-order valence-corrected chi connectivity index (χ1v) is 6.22. The van der Waals surface area contributed by atoms with Crippen molar-refractivity contribution >= 4 is 11.9 Å². The highest BCUT2D eigenvalue weighted by Gasteiger charge is 2.50. The number of carbonyl (C=O) groups is 2. The standard InChI is InChI=1S/C12H19NO4/c1-3-17-10-6-9(10)11(14)13(8-4-5-8)7(2)12(15)16/h7-10H,3-6H2,1-2H3,(H,15,16). The summed E-state index contributed by atoms with van der Waals surface area (Å²) in [5, 5.41) is 9.02. The van der Waals surface area contributed by atoms with Crippen molar-refractivity contribution in [2.24, 2.45) is 5.92 Å². The summed E-state index contributed by atoms with van der Waals surface area (Å²) in [4.78, 5) is 24.8. The Bertz CT molecular complexity index is 326. The Labute approximate surface area is 101 Å². The average Bonchev–Trinajstić information content (AvgIpc) is 3.11. The summed E-state index contributed by atoms with van der Waals surface area (Å²) in [6.07, 6.45) is 2.60. The van der Waals surface area contributed by atoms with Crippen LogP contribution in [0.1, 0.15) is 33.1 Å². The molecule has 0 aromatic heterocycles. The molecule has 3 atom stereocenters. The van der Waals surface area contributed by atoms with Gasteiger partial charge in [0.2, 0.25) is 5.91 Å². The first-order valence-electron chi connectivity index (χ1n) is 6.22. The smallest absolute Gasteiger partial charge is 0.326 e. The molecule has 2 aliphatic rings. The summed E-state index contributed by atoms with van der Waals surface area (Å²) < 4.78 is 5.38. The van der Waals surface area contributed by atoms with Crippen molar-refractivity contribution in [3.63, 3.8) is 0 Å². The maximum absolute atomic E-state index is 12.2. The maximum atomic E-state index is 12.2. The van der Waals surface area contributed by atoms with Crippen LogP contribution in [-0.2, 0) is 14.3 Å². The molecule has 96 valence electrons. The minimum Gasteiger partial charge on any atom is -0.480 e. The van der Waals surface area contributed by atoms with Crippen LogP contribution in [0.2, 0.25) is 0 Å². The Morgan fingerprint density at radius 3 is 2.59 bits per heavy atom. The zero-order valence-corrected chi connectivity index (χ0v) is 10.3. The molecular weight excluding hydrogens is 222 g/mol. The number of carboxylic acid groups (broad SMARTS) is 1. The van der Waals surface area contributed by atoms with E-state index in [1.165, 1.54) is 0 Å². The Morgan fingerprint density at radius 1 is 1.47 bits per heavy atom. The molecule has 2 fully saturated rings. The van der Waals surface area contributed by atoms with Gasteiger partial charge in [0.05, 0.1) is 12.0 Å². The fraction of sp³-hybridized carbons (Fsp3) is 0.833. The van der Waals surface area contributed by atoms with E-state index in [0.29, 0.717) is 6.61 Å². The molecule has 5 heteroatoms. The molecule has 5 nitrogen and oxygen atoms in total. The van der Waals surface area contributed by atoms with Gasteiger partial charge in [-0.15, -0.1) is 0 Å². The first-order chi connectivity index (χ1) is 8.06. The van der Waals surface area contributed by atoms with Crippen LogP contribution in [0.25, 0.3) is 0 Å². The van der Waals surface area contributed by atoms with Crippen molar-refractivity contribution in [1.82, 2.24) is 4.90 Å². The maximum Gasteiger partial charge on any atom is 0.326 e. The van der Waals surface area contributed by atoms with Crippen molar-refractivity contribution in [3.05, 3.63) is 0 Å². The van der Waals surface area contributed by atoms with Gasteiger partial charge in [0.25, 0.3) is 0 Å². The average molecular weight is 241 g/mol. The Balaban J connectivity index is 1.97. The fourth-order valence-electron chi connectivity index (χ4n) is 2.18. The number of aliphatic carboxylic acids is 1. The number of hydrogen-bond acceptors (Lipinski definition) is 3. The molecule has 0 aromatic rings. The molecule has 0 bridgehead atoms. The molecule has 1 amide bonds. The van der Waals surface area contributed by atoms with Crippen molar-refractivity contribution in [3.8, 4) is 0 Å². The number of carbonyl (C=O) groups excluding carboxylic acids is 1. The zero-order chi connectivity index (χ0) is 12.6. The molecule has 0 heterocycles. The van der Waals surface area contributed by atoms with Crippen LogP contribution in [0.5, 0.6) is 0 Å². The lowest BCUT2D eigenvalue weighted by Crippen LogP contribution is -2.45. The van der Waals surface area contributed by atoms with Gasteiger partial charge >= 0.3 is 5.97 Å². The SMILES string of the molecule is CCOC1CC1C(=O)N(C1CC1)C(C)C(=O)O. The first kappa shape index (κ1) is 12.4. The predicted molar refractivity (Wildman–Crippen MR) is 60.5 cm³/mol. The summed E-state index contributed by atoms with van der Waals surface area (Å²) >= 11 is 0. The zero-order valence-electron chi connectivity index (χ0n) is 10.3. The molecule has 0 spiro atoms. The molecule has 2 saturated carbocycles. The quantitative estimate of drug-likeness (QED) is 0.749. The van der Waals surface area contributed by atoms with Crippen molar-refractivity contribution in [2.45, 2.75) is 51.3 Å². The number of nitrogens with zero attached hydrogens (tertiary/aromatic N) is 1. The molecule has 0 aromatic carbocycles. The van der Waals surface area contributed by atoms with Gasteiger partial charge in [-0.3, -0.25) is 4.79 Å². The third-order valence-electron chi connectivity index (χ3n) is 3.40. The van der Waals surface area contributed by atoms with Crippen LogP contribution in [-0.4, -0.2) is 46.7 Å². The van der Waals surface area contributed by atoms with Crippen LogP contribution in [0.4, 0.5) is 0 Å². The third kappa shape index (κ3) is 2.60. The van der Waals surface area contributed by atoms with E-state index in [9.17, 15) is 9.59 Å². The van der Waals surface area contributed by atoms with Crippen LogP contribution < -0.4 is 0 Å². The van der Waals surface area contributed by atoms with Crippen molar-refractivity contribution in [2.75, 3.05) is 6.61 Å². The van der Waals surface area contributed by atoms with Crippen LogP contribution >= 0.6 is 0 Å². The van der Waals surface area contributed by atoms with Crippen molar-refractivity contribution in [1.29, 1.82) is 0 Å². The summed E-state index contributed by atoms with van der Waals surface area (Å²) in [7, 11) is 0. The molecule has 2 aliphatic carbocycles. The highest BCUT2D eigenvalue weighted by atomic mass is 16.5. The molecule has 2 rings (SSSR count). The van der Waals surface area contributed by atoms with E-state index in [-0.39, 0.29) is 24.0 Å². The van der Waals surface area contributed by atoms with Gasteiger partial charge in [-0.2, -0.15) is 0 Å². The molecule has 17 heavy (non-hydrogen) atoms. The minimum atomic E-state index is -0.932. The molecular formula is C12H19NO4. The van der Waals surface area contributed by atoms with Crippen LogP contribution in [0.3, 0.4) is 0 Å². The van der Waals surface area contributed by atoms with E-state index in [1.54, 1.807) is 11.8 Å². The van der Waals surface area contributed by atoms with Gasteiger partial charge in [0.1, 0.15) is 6.04 Å². The summed E-state index contributed by atoms with van der Waals surface area (Å²) in [5.74, 6) is -1.09. The van der Waals surface area contributed by atoms with Gasteiger partial charge in [-0.05, 0) is 33.1 Å². The van der Waals surface area contributed by atoms with E-state index in [4.69, 9.17) is 9.84 Å². The van der Waals surface area contributed by atoms with Gasteiger partial charge < -0.3 is 14.7 Å². The van der Waals surface area contributed by atoms with Gasteiger partial charge in [-0.1, -0.05) is 0 Å². The number of amides is 1. The van der Waals surface area contributed by atoms with Gasteiger partial charge in [-0.25, -0.2) is 4.79 Å². The highest BCUT2D eigenvalue weighted by molar-refractivity contribution is 5.87. The Hall–Kier alpha value is -1.10. The molecule has 0 saturated heterocycles. The van der Waals surface area contributed by atoms with E-state index in [1.807, 2.05) is 6.92 Å². The van der Waals surface area contributed by atoms with Crippen LogP contribution in [0, 0.1) is 5.92 Å². The molecule has 0 radical (unpaired) electrons. The number of carboxylic acids is 1. The van der Waals surface area contributed by atoms with Crippen LogP contribution in [0.15, 0.2) is 0 Å².